The van der Waals surface area contributed by atoms with Crippen molar-refractivity contribution in [2.24, 2.45) is 0 Å². The monoisotopic (exact) mass is 356 g/mol. The number of aromatic amines is 1. The van der Waals surface area contributed by atoms with Crippen molar-refractivity contribution in [1.29, 1.82) is 0 Å². The highest BCUT2D eigenvalue weighted by molar-refractivity contribution is 7.92. The zero-order valence-corrected chi connectivity index (χ0v) is 13.7. The van der Waals surface area contributed by atoms with E-state index in [0.29, 0.717) is 23.6 Å². The van der Waals surface area contributed by atoms with Gasteiger partial charge in [-0.25, -0.2) is 4.79 Å². The van der Waals surface area contributed by atoms with E-state index < -0.39 is 5.97 Å². The van der Waals surface area contributed by atoms with Gasteiger partial charge >= 0.3 is 5.97 Å². The predicted molar refractivity (Wildman–Crippen MR) is 95.9 cm³/mol. The Balaban J connectivity index is 1.84. The Hall–Kier alpha value is -3.00. The van der Waals surface area contributed by atoms with Crippen LogP contribution in [0.1, 0.15) is 21.6 Å². The number of nitrogens with one attached hydrogen (secondary N) is 2. The quantitative estimate of drug-likeness (QED) is 0.660. The summed E-state index contributed by atoms with van der Waals surface area (Å²) in [5.41, 5.74) is 4.01. The van der Waals surface area contributed by atoms with Gasteiger partial charge in [-0.1, -0.05) is 30.3 Å². The number of hydrogen-bond acceptors (Lipinski definition) is 4. The molecule has 3 N–H and O–H groups in total. The van der Waals surface area contributed by atoms with Crippen molar-refractivity contribution >= 4 is 35.8 Å². The number of benzene rings is 1. The van der Waals surface area contributed by atoms with Crippen molar-refractivity contribution in [2.75, 3.05) is 11.9 Å². The first-order chi connectivity index (χ1) is 12.2. The van der Waals surface area contributed by atoms with E-state index >= 15 is 0 Å². The Kier molecular flexibility index (Phi) is 3.81. The zero-order valence-electron chi connectivity index (χ0n) is 12.9. The summed E-state index contributed by atoms with van der Waals surface area (Å²) in [5, 5.41) is 16.5. The average Bonchev–Trinajstić information content (AvgIpc) is 3.26. The lowest BCUT2D eigenvalue weighted by atomic mass is 9.99. The zero-order chi connectivity index (χ0) is 17.4. The molecule has 0 bridgehead atoms. The van der Waals surface area contributed by atoms with Gasteiger partial charge in [0.1, 0.15) is 17.2 Å². The molecule has 0 saturated heterocycles. The average molecular weight is 356 g/mol. The standard InChI is InChI=1S/C17H13FN4O2S/c18-25-22-16-13(6-11(8-20-16)10-4-2-1-3-5-10)15(21-22)12-7-14(17(23)24)19-9-12/h1-7,9,19-20H,8H2,(H,23,24). The van der Waals surface area contributed by atoms with Crippen LogP contribution in [-0.4, -0.2) is 31.8 Å². The highest BCUT2D eigenvalue weighted by Gasteiger charge is 2.24. The fourth-order valence-corrected chi connectivity index (χ4v) is 3.21. The Morgan fingerprint density at radius 2 is 2.08 bits per heavy atom. The maximum atomic E-state index is 13.3. The molecule has 0 aliphatic carbocycles. The van der Waals surface area contributed by atoms with Crippen LogP contribution in [0.25, 0.3) is 22.9 Å². The van der Waals surface area contributed by atoms with E-state index in [0.717, 1.165) is 20.8 Å². The molecule has 0 fully saturated rings. The fraction of sp³-hybridized carbons (Fsp3) is 0.0588. The fourth-order valence-electron chi connectivity index (χ4n) is 2.87. The van der Waals surface area contributed by atoms with Gasteiger partial charge < -0.3 is 15.4 Å². The van der Waals surface area contributed by atoms with E-state index in [-0.39, 0.29) is 18.0 Å². The van der Waals surface area contributed by atoms with Gasteiger partial charge in [0.25, 0.3) is 0 Å². The number of carboxylic acid groups (broad SMARTS) is 1. The van der Waals surface area contributed by atoms with Gasteiger partial charge in [0, 0.05) is 23.9 Å². The number of nitrogens with zero attached hydrogens (tertiary/aromatic N) is 2. The maximum absolute atomic E-state index is 13.3. The molecule has 25 heavy (non-hydrogen) atoms. The van der Waals surface area contributed by atoms with Crippen molar-refractivity contribution in [3.63, 3.8) is 0 Å². The van der Waals surface area contributed by atoms with Crippen molar-refractivity contribution < 1.29 is 13.8 Å². The first-order valence-corrected chi connectivity index (χ1v) is 8.19. The third-order valence-electron chi connectivity index (χ3n) is 4.05. The molecule has 3 heterocycles. The SMILES string of the molecule is O=C(O)c1cc(-c2nn(SF)c3c2C=C(c2ccccc2)CN3)c[nH]1. The predicted octanol–water partition coefficient (Wildman–Crippen LogP) is 3.92. The van der Waals surface area contributed by atoms with Crippen LogP contribution in [0.3, 0.4) is 0 Å². The first-order valence-electron chi connectivity index (χ1n) is 7.51. The van der Waals surface area contributed by atoms with Crippen LogP contribution in [0.2, 0.25) is 0 Å². The number of rotatable bonds is 4. The van der Waals surface area contributed by atoms with Gasteiger partial charge in [-0.3, -0.25) is 0 Å². The molecule has 0 amide bonds. The van der Waals surface area contributed by atoms with Gasteiger partial charge in [0.2, 0.25) is 0 Å². The summed E-state index contributed by atoms with van der Waals surface area (Å²) in [6, 6.07) is 11.4. The van der Waals surface area contributed by atoms with Crippen molar-refractivity contribution in [3.05, 3.63) is 59.4 Å². The van der Waals surface area contributed by atoms with Crippen LogP contribution in [0.4, 0.5) is 9.70 Å². The van der Waals surface area contributed by atoms with Crippen LogP contribution >= 0.6 is 12.3 Å². The Labute approximate surface area is 146 Å². The van der Waals surface area contributed by atoms with E-state index in [1.807, 2.05) is 36.4 Å². The van der Waals surface area contributed by atoms with E-state index in [2.05, 4.69) is 15.4 Å². The Bertz CT molecular complexity index is 978. The molecule has 1 aliphatic rings. The molecular formula is C17H13FN4O2S. The summed E-state index contributed by atoms with van der Waals surface area (Å²) in [6.45, 7) is 0.552. The molecular weight excluding hydrogens is 343 g/mol. The molecule has 0 saturated carbocycles. The van der Waals surface area contributed by atoms with Crippen LogP contribution in [0, 0.1) is 0 Å². The highest BCUT2D eigenvalue weighted by atomic mass is 32.2. The highest BCUT2D eigenvalue weighted by Crippen LogP contribution is 2.37. The number of halogens is 1. The van der Waals surface area contributed by atoms with Gasteiger partial charge in [-0.05, 0) is 23.3 Å². The van der Waals surface area contributed by atoms with E-state index in [1.165, 1.54) is 6.07 Å². The number of H-pyrrole nitrogens is 1. The Morgan fingerprint density at radius 1 is 1.28 bits per heavy atom. The minimum Gasteiger partial charge on any atom is -0.477 e. The molecule has 0 radical (unpaired) electrons. The van der Waals surface area contributed by atoms with Crippen LogP contribution in [-0.2, 0) is 0 Å². The summed E-state index contributed by atoms with van der Waals surface area (Å²) < 4.78 is 14.4. The van der Waals surface area contributed by atoms with Crippen molar-refractivity contribution in [3.8, 4) is 11.3 Å². The van der Waals surface area contributed by atoms with E-state index in [4.69, 9.17) is 5.11 Å². The summed E-state index contributed by atoms with van der Waals surface area (Å²) in [5.74, 6) is -0.502. The molecule has 6 nitrogen and oxygen atoms in total. The summed E-state index contributed by atoms with van der Waals surface area (Å²) in [7, 11) is 0. The molecule has 126 valence electrons. The van der Waals surface area contributed by atoms with Crippen LogP contribution in [0.5, 0.6) is 0 Å². The molecule has 2 aromatic heterocycles. The number of carboxylic acids is 1. The van der Waals surface area contributed by atoms with E-state index in [9.17, 15) is 8.68 Å². The molecule has 1 aliphatic heterocycles. The molecule has 8 heteroatoms. The normalized spacial score (nSPS) is 13.1. The molecule has 0 spiro atoms. The third-order valence-corrected chi connectivity index (χ3v) is 4.45. The topological polar surface area (TPSA) is 82.9 Å². The molecule has 3 aromatic rings. The Morgan fingerprint density at radius 3 is 2.76 bits per heavy atom. The summed E-state index contributed by atoms with van der Waals surface area (Å²) >= 11 is -0.00366. The number of fused-ring (bicyclic) bond motifs is 1. The van der Waals surface area contributed by atoms with Gasteiger partial charge in [-0.2, -0.15) is 9.19 Å². The second-order valence-corrected chi connectivity index (χ2v) is 6.03. The maximum Gasteiger partial charge on any atom is 0.352 e. The van der Waals surface area contributed by atoms with Gasteiger partial charge in [-0.15, -0.1) is 3.89 Å². The summed E-state index contributed by atoms with van der Waals surface area (Å²) in [4.78, 5) is 13.8. The molecule has 1 aromatic carbocycles. The second kappa shape index (κ2) is 6.14. The van der Waals surface area contributed by atoms with Crippen molar-refractivity contribution in [2.45, 2.75) is 0 Å². The lowest BCUT2D eigenvalue weighted by Gasteiger charge is -2.17. The lowest BCUT2D eigenvalue weighted by Crippen LogP contribution is -2.11. The smallest absolute Gasteiger partial charge is 0.352 e. The number of hydrogen-bond donors (Lipinski definition) is 3. The summed E-state index contributed by atoms with van der Waals surface area (Å²) in [6.07, 6.45) is 3.52. The second-order valence-electron chi connectivity index (χ2n) is 5.55. The number of anilines is 1. The number of carbonyl (C=O) groups is 1. The van der Waals surface area contributed by atoms with Crippen LogP contribution in [0.15, 0.2) is 42.6 Å². The number of aromatic nitrogens is 3. The van der Waals surface area contributed by atoms with Gasteiger partial charge in [0.05, 0.1) is 0 Å². The molecule has 0 unspecified atom stereocenters. The third kappa shape index (κ3) is 2.70. The van der Waals surface area contributed by atoms with Crippen LogP contribution < -0.4 is 5.32 Å². The first kappa shape index (κ1) is 15.5. The number of aromatic carboxylic acids is 1. The molecule has 0 atom stereocenters. The van der Waals surface area contributed by atoms with Crippen molar-refractivity contribution in [1.82, 2.24) is 14.2 Å². The minimum absolute atomic E-state index is 0.00366. The largest absolute Gasteiger partial charge is 0.477 e. The minimum atomic E-state index is -1.06. The van der Waals surface area contributed by atoms with Gasteiger partial charge in [0.15, 0.2) is 12.3 Å². The molecule has 4 rings (SSSR count). The lowest BCUT2D eigenvalue weighted by molar-refractivity contribution is 0.0691. The van der Waals surface area contributed by atoms with E-state index in [1.54, 1.807) is 6.20 Å².